The van der Waals surface area contributed by atoms with E-state index in [1.807, 2.05) is 0 Å². The van der Waals surface area contributed by atoms with Gasteiger partial charge in [0.05, 0.1) is 36.8 Å². The average molecular weight is 208 g/mol. The Hall–Kier alpha value is -1.36. The van der Waals surface area contributed by atoms with Crippen molar-refractivity contribution in [1.82, 2.24) is 9.97 Å². The zero-order valence-corrected chi connectivity index (χ0v) is 9.05. The van der Waals surface area contributed by atoms with E-state index in [-0.39, 0.29) is 6.10 Å². The van der Waals surface area contributed by atoms with Crippen LogP contribution < -0.4 is 10.6 Å². The first kappa shape index (κ1) is 10.2. The van der Waals surface area contributed by atoms with Crippen LogP contribution in [0, 0.1) is 0 Å². The lowest BCUT2D eigenvalue weighted by Crippen LogP contribution is -2.48. The van der Waals surface area contributed by atoms with Crippen LogP contribution in [0.15, 0.2) is 12.4 Å². The number of nitrogen functional groups attached to an aromatic ring is 1. The minimum atomic E-state index is 0.224. The fourth-order valence-electron chi connectivity index (χ4n) is 1.66. The topological polar surface area (TPSA) is 64.3 Å². The Morgan fingerprint density at radius 3 is 2.73 bits per heavy atom. The molecule has 1 fully saturated rings. The van der Waals surface area contributed by atoms with Crippen LogP contribution >= 0.6 is 0 Å². The lowest BCUT2D eigenvalue weighted by Gasteiger charge is -2.36. The van der Waals surface area contributed by atoms with Gasteiger partial charge in [0, 0.05) is 6.54 Å². The highest BCUT2D eigenvalue weighted by molar-refractivity contribution is 5.39. The van der Waals surface area contributed by atoms with Gasteiger partial charge >= 0.3 is 0 Å². The Morgan fingerprint density at radius 1 is 1.40 bits per heavy atom. The Kier molecular flexibility index (Phi) is 2.73. The molecule has 2 atom stereocenters. The minimum Gasteiger partial charge on any atom is -0.396 e. The van der Waals surface area contributed by atoms with Crippen molar-refractivity contribution >= 4 is 11.6 Å². The molecule has 1 aromatic heterocycles. The first-order valence-corrected chi connectivity index (χ1v) is 5.12. The van der Waals surface area contributed by atoms with E-state index < -0.39 is 0 Å². The van der Waals surface area contributed by atoms with Gasteiger partial charge in [-0.25, -0.2) is 9.97 Å². The molecule has 1 aliphatic rings. The van der Waals surface area contributed by atoms with Gasteiger partial charge in [0.1, 0.15) is 0 Å². The third-order valence-corrected chi connectivity index (χ3v) is 2.52. The molecule has 2 N–H and O–H groups in total. The third kappa shape index (κ3) is 2.18. The van der Waals surface area contributed by atoms with Crippen molar-refractivity contribution in [1.29, 1.82) is 0 Å². The number of morpholine rings is 1. The summed E-state index contributed by atoms with van der Waals surface area (Å²) in [6, 6.07) is 0.310. The van der Waals surface area contributed by atoms with E-state index in [4.69, 9.17) is 10.5 Å². The molecule has 2 rings (SSSR count). The van der Waals surface area contributed by atoms with Crippen LogP contribution in [0.25, 0.3) is 0 Å². The Morgan fingerprint density at radius 2 is 2.07 bits per heavy atom. The zero-order chi connectivity index (χ0) is 10.8. The molecule has 1 aromatic rings. The summed E-state index contributed by atoms with van der Waals surface area (Å²) in [5, 5.41) is 0. The van der Waals surface area contributed by atoms with Gasteiger partial charge in [-0.15, -0.1) is 0 Å². The fourth-order valence-corrected chi connectivity index (χ4v) is 1.66. The average Bonchev–Trinajstić information content (AvgIpc) is 2.23. The van der Waals surface area contributed by atoms with Gasteiger partial charge in [-0.2, -0.15) is 0 Å². The van der Waals surface area contributed by atoms with E-state index in [1.54, 1.807) is 12.4 Å². The maximum Gasteiger partial charge on any atom is 0.225 e. The summed E-state index contributed by atoms with van der Waals surface area (Å²) in [6.07, 6.45) is 3.49. The highest BCUT2D eigenvalue weighted by Gasteiger charge is 2.25. The molecule has 0 aromatic carbocycles. The van der Waals surface area contributed by atoms with E-state index >= 15 is 0 Å². The van der Waals surface area contributed by atoms with E-state index in [1.165, 1.54) is 0 Å². The number of hydrogen-bond donors (Lipinski definition) is 1. The summed E-state index contributed by atoms with van der Waals surface area (Å²) >= 11 is 0. The number of anilines is 2. The van der Waals surface area contributed by atoms with E-state index in [2.05, 4.69) is 28.7 Å². The maximum absolute atomic E-state index is 5.55. The summed E-state index contributed by atoms with van der Waals surface area (Å²) in [5.74, 6) is 0.729. The maximum atomic E-state index is 5.55. The second-order valence-corrected chi connectivity index (χ2v) is 3.96. The number of nitrogens with two attached hydrogens (primary N) is 1. The SMILES string of the molecule is CC1CN(c2ncc(N)cn2)C(C)CO1. The molecule has 2 heterocycles. The quantitative estimate of drug-likeness (QED) is 0.735. The summed E-state index contributed by atoms with van der Waals surface area (Å²) < 4.78 is 5.54. The van der Waals surface area contributed by atoms with Gasteiger partial charge in [-0.3, -0.25) is 0 Å². The first-order chi connectivity index (χ1) is 7.16. The number of hydrogen-bond acceptors (Lipinski definition) is 5. The van der Waals surface area contributed by atoms with Crippen LogP contribution in [-0.2, 0) is 4.74 Å². The minimum absolute atomic E-state index is 0.224. The van der Waals surface area contributed by atoms with Crippen LogP contribution in [0.3, 0.4) is 0 Å². The summed E-state index contributed by atoms with van der Waals surface area (Å²) in [6.45, 7) is 5.70. The Balaban J connectivity index is 2.17. The molecule has 0 spiro atoms. The van der Waals surface area contributed by atoms with Gasteiger partial charge in [0.15, 0.2) is 0 Å². The number of nitrogens with zero attached hydrogens (tertiary/aromatic N) is 3. The molecule has 0 bridgehead atoms. The predicted molar refractivity (Wildman–Crippen MR) is 58.7 cm³/mol. The highest BCUT2D eigenvalue weighted by Crippen LogP contribution is 2.17. The van der Waals surface area contributed by atoms with Crippen molar-refractivity contribution in [2.75, 3.05) is 23.8 Å². The van der Waals surface area contributed by atoms with Crippen LogP contribution in [0.5, 0.6) is 0 Å². The van der Waals surface area contributed by atoms with E-state index in [0.717, 1.165) is 19.1 Å². The van der Waals surface area contributed by atoms with Gasteiger partial charge < -0.3 is 15.4 Å². The lowest BCUT2D eigenvalue weighted by molar-refractivity contribution is 0.0337. The number of aromatic nitrogens is 2. The molecule has 1 saturated heterocycles. The van der Waals surface area contributed by atoms with Crippen molar-refractivity contribution in [2.24, 2.45) is 0 Å². The van der Waals surface area contributed by atoms with E-state index in [9.17, 15) is 0 Å². The van der Waals surface area contributed by atoms with Gasteiger partial charge in [0.25, 0.3) is 0 Å². The molecule has 0 radical (unpaired) electrons. The first-order valence-electron chi connectivity index (χ1n) is 5.12. The van der Waals surface area contributed by atoms with E-state index in [0.29, 0.717) is 11.7 Å². The highest BCUT2D eigenvalue weighted by atomic mass is 16.5. The Labute approximate surface area is 89.3 Å². The second kappa shape index (κ2) is 4.02. The Bertz CT molecular complexity index is 327. The summed E-state index contributed by atoms with van der Waals surface area (Å²) in [5.41, 5.74) is 6.14. The second-order valence-electron chi connectivity index (χ2n) is 3.96. The molecule has 0 aliphatic carbocycles. The molecular weight excluding hydrogens is 192 g/mol. The monoisotopic (exact) mass is 208 g/mol. The third-order valence-electron chi connectivity index (χ3n) is 2.52. The number of ether oxygens (including phenoxy) is 1. The van der Waals surface area contributed by atoms with Crippen molar-refractivity contribution in [2.45, 2.75) is 26.0 Å². The molecule has 15 heavy (non-hydrogen) atoms. The zero-order valence-electron chi connectivity index (χ0n) is 9.05. The molecule has 0 saturated carbocycles. The van der Waals surface area contributed by atoms with Crippen LogP contribution in [0.1, 0.15) is 13.8 Å². The smallest absolute Gasteiger partial charge is 0.225 e. The predicted octanol–water partition coefficient (Wildman–Crippen LogP) is 0.672. The number of rotatable bonds is 1. The standard InChI is InChI=1S/C10H16N4O/c1-7-6-15-8(2)5-14(7)10-12-3-9(11)4-13-10/h3-4,7-8H,5-6,11H2,1-2H3. The lowest BCUT2D eigenvalue weighted by atomic mass is 10.2. The summed E-state index contributed by atoms with van der Waals surface area (Å²) in [4.78, 5) is 10.6. The van der Waals surface area contributed by atoms with Crippen molar-refractivity contribution in [3.63, 3.8) is 0 Å². The van der Waals surface area contributed by atoms with Crippen molar-refractivity contribution in [3.8, 4) is 0 Å². The molecule has 5 heteroatoms. The normalized spacial score (nSPS) is 26.7. The van der Waals surface area contributed by atoms with Gasteiger partial charge in [-0.05, 0) is 13.8 Å². The van der Waals surface area contributed by atoms with Gasteiger partial charge in [0.2, 0.25) is 5.95 Å². The van der Waals surface area contributed by atoms with Crippen molar-refractivity contribution in [3.05, 3.63) is 12.4 Å². The van der Waals surface area contributed by atoms with Gasteiger partial charge in [-0.1, -0.05) is 0 Å². The largest absolute Gasteiger partial charge is 0.396 e. The molecule has 0 amide bonds. The van der Waals surface area contributed by atoms with Crippen LogP contribution in [-0.4, -0.2) is 35.3 Å². The molecule has 82 valence electrons. The van der Waals surface area contributed by atoms with Crippen LogP contribution in [0.4, 0.5) is 11.6 Å². The van der Waals surface area contributed by atoms with Crippen LogP contribution in [0.2, 0.25) is 0 Å². The molecular formula is C10H16N4O. The fraction of sp³-hybridized carbons (Fsp3) is 0.600. The molecule has 1 aliphatic heterocycles. The molecule has 2 unspecified atom stereocenters. The summed E-state index contributed by atoms with van der Waals surface area (Å²) in [7, 11) is 0. The van der Waals surface area contributed by atoms with Crippen molar-refractivity contribution < 1.29 is 4.74 Å². The molecule has 5 nitrogen and oxygen atoms in total.